The number of carbonyl (C=O) groups is 3. The van der Waals surface area contributed by atoms with E-state index in [2.05, 4.69) is 0 Å². The van der Waals surface area contributed by atoms with E-state index in [1.807, 2.05) is 48.6 Å². The third-order valence-corrected chi connectivity index (χ3v) is 8.29. The Morgan fingerprint density at radius 3 is 2.31 bits per heavy atom. The standard InChI is InChI=1S/C30H31N3O6/c1-19(18-34)33-26-29(37)32(21-11-13-22(38-2)14-12-21)17-7-15-30(26)25(28(33)36)24-23(39-30)10-6-16-31(27(24)35)20-8-4-3-5-9-20/h3-15,19,23-26,34H,16-18H2,1-2H3/t19-,23+,24-,25+,26?,30+/m1/s1. The Kier molecular flexibility index (Phi) is 6.28. The highest BCUT2D eigenvalue weighted by molar-refractivity contribution is 6.07. The van der Waals surface area contributed by atoms with Gasteiger partial charge in [-0.1, -0.05) is 42.5 Å². The summed E-state index contributed by atoms with van der Waals surface area (Å²) in [6.45, 7) is 2.00. The highest BCUT2D eigenvalue weighted by Gasteiger charge is 2.72. The van der Waals surface area contributed by atoms with E-state index < -0.39 is 35.6 Å². The lowest BCUT2D eigenvalue weighted by Gasteiger charge is -2.37. The molecule has 6 rings (SSSR count). The van der Waals surface area contributed by atoms with Crippen LogP contribution in [0.4, 0.5) is 11.4 Å². The van der Waals surface area contributed by atoms with Crippen molar-refractivity contribution in [3.63, 3.8) is 0 Å². The number of anilines is 2. The molecule has 2 fully saturated rings. The van der Waals surface area contributed by atoms with Gasteiger partial charge in [0.15, 0.2) is 0 Å². The molecule has 2 aromatic carbocycles. The molecule has 202 valence electrons. The number of hydrogen-bond acceptors (Lipinski definition) is 6. The zero-order chi connectivity index (χ0) is 27.3. The number of hydrogen-bond donors (Lipinski definition) is 1. The third kappa shape index (κ3) is 3.79. The van der Waals surface area contributed by atoms with Crippen molar-refractivity contribution in [3.8, 4) is 5.75 Å². The van der Waals surface area contributed by atoms with Gasteiger partial charge in [0.1, 0.15) is 17.4 Å². The van der Waals surface area contributed by atoms with Crippen molar-refractivity contribution < 1.29 is 29.0 Å². The fourth-order valence-electron chi connectivity index (χ4n) is 6.47. The summed E-state index contributed by atoms with van der Waals surface area (Å²) in [5.74, 6) is -1.98. The second-order valence-electron chi connectivity index (χ2n) is 10.4. The Balaban J connectivity index is 1.44. The topological polar surface area (TPSA) is 99.6 Å². The van der Waals surface area contributed by atoms with E-state index in [0.717, 1.165) is 5.69 Å². The number of ether oxygens (including phenoxy) is 2. The number of methoxy groups -OCH3 is 1. The molecular weight excluding hydrogens is 498 g/mol. The van der Waals surface area contributed by atoms with E-state index in [0.29, 0.717) is 18.0 Å². The van der Waals surface area contributed by atoms with E-state index in [1.54, 1.807) is 54.2 Å². The van der Waals surface area contributed by atoms with Crippen LogP contribution in [0.1, 0.15) is 6.92 Å². The minimum atomic E-state index is -1.35. The highest BCUT2D eigenvalue weighted by Crippen LogP contribution is 2.54. The Morgan fingerprint density at radius 2 is 1.62 bits per heavy atom. The summed E-state index contributed by atoms with van der Waals surface area (Å²) in [7, 11) is 1.57. The van der Waals surface area contributed by atoms with Gasteiger partial charge in [0.25, 0.3) is 5.91 Å². The molecule has 1 spiro atoms. The maximum Gasteiger partial charge on any atom is 0.253 e. The fourth-order valence-corrected chi connectivity index (χ4v) is 6.47. The van der Waals surface area contributed by atoms with E-state index in [4.69, 9.17) is 9.47 Å². The Labute approximate surface area is 226 Å². The molecule has 2 saturated heterocycles. The molecule has 4 heterocycles. The number of likely N-dealkylation sites (tertiary alicyclic amines) is 1. The molecule has 0 aliphatic carbocycles. The highest BCUT2D eigenvalue weighted by atomic mass is 16.5. The lowest BCUT2D eigenvalue weighted by molar-refractivity contribution is -0.143. The van der Waals surface area contributed by atoms with Gasteiger partial charge in [-0.15, -0.1) is 0 Å². The number of amides is 3. The first-order valence-electron chi connectivity index (χ1n) is 13.2. The molecule has 9 nitrogen and oxygen atoms in total. The summed E-state index contributed by atoms with van der Waals surface area (Å²) in [4.78, 5) is 47.3. The van der Waals surface area contributed by atoms with Crippen LogP contribution >= 0.6 is 0 Å². The lowest BCUT2D eigenvalue weighted by Crippen LogP contribution is -2.57. The van der Waals surface area contributed by atoms with E-state index >= 15 is 0 Å². The molecule has 1 unspecified atom stereocenters. The number of fused-ring (bicyclic) bond motifs is 2. The zero-order valence-electron chi connectivity index (χ0n) is 21.8. The van der Waals surface area contributed by atoms with Crippen LogP contribution in [0.5, 0.6) is 5.75 Å². The molecule has 0 radical (unpaired) electrons. The van der Waals surface area contributed by atoms with Crippen LogP contribution in [0.3, 0.4) is 0 Å². The minimum absolute atomic E-state index is 0.221. The van der Waals surface area contributed by atoms with Gasteiger partial charge in [-0.2, -0.15) is 0 Å². The van der Waals surface area contributed by atoms with Crippen molar-refractivity contribution in [2.75, 3.05) is 36.6 Å². The van der Waals surface area contributed by atoms with E-state index in [-0.39, 0.29) is 30.9 Å². The average Bonchev–Trinajstić information content (AvgIpc) is 3.29. The number of aliphatic hydroxyl groups excluding tert-OH is 1. The summed E-state index contributed by atoms with van der Waals surface area (Å²) < 4.78 is 11.9. The SMILES string of the molecule is COc1ccc(N2CC=C[C@]34O[C@H]5C=CCN(c6ccccc6)C(=O)[C@H]5[C@H]3C(=O)N([C@H](C)CO)C4C2=O)cc1. The molecule has 6 atom stereocenters. The summed E-state index contributed by atoms with van der Waals surface area (Å²) in [6, 6.07) is 14.8. The zero-order valence-corrected chi connectivity index (χ0v) is 21.8. The van der Waals surface area contributed by atoms with E-state index in [9.17, 15) is 19.5 Å². The summed E-state index contributed by atoms with van der Waals surface area (Å²) in [5, 5.41) is 10.1. The maximum atomic E-state index is 14.3. The molecule has 0 bridgehead atoms. The molecule has 0 saturated carbocycles. The van der Waals surface area contributed by atoms with Crippen molar-refractivity contribution in [1.29, 1.82) is 0 Å². The van der Waals surface area contributed by atoms with Crippen LogP contribution in [-0.4, -0.2) is 78.3 Å². The quantitative estimate of drug-likeness (QED) is 0.596. The van der Waals surface area contributed by atoms with Crippen molar-refractivity contribution in [1.82, 2.24) is 4.90 Å². The summed E-state index contributed by atoms with van der Waals surface area (Å²) >= 11 is 0. The molecule has 4 aliphatic rings. The smallest absolute Gasteiger partial charge is 0.253 e. The molecular formula is C30H31N3O6. The minimum Gasteiger partial charge on any atom is -0.497 e. The number of rotatable bonds is 5. The molecule has 39 heavy (non-hydrogen) atoms. The largest absolute Gasteiger partial charge is 0.497 e. The van der Waals surface area contributed by atoms with Crippen molar-refractivity contribution >= 4 is 29.1 Å². The van der Waals surface area contributed by atoms with E-state index in [1.165, 1.54) is 4.90 Å². The predicted molar refractivity (Wildman–Crippen MR) is 144 cm³/mol. The number of nitrogens with zero attached hydrogens (tertiary/aromatic N) is 3. The van der Waals surface area contributed by atoms with Gasteiger partial charge in [-0.3, -0.25) is 14.4 Å². The van der Waals surface area contributed by atoms with Gasteiger partial charge in [0.2, 0.25) is 11.8 Å². The molecule has 2 aromatic rings. The van der Waals surface area contributed by atoms with Crippen molar-refractivity contribution in [3.05, 3.63) is 78.9 Å². The Morgan fingerprint density at radius 1 is 0.949 bits per heavy atom. The molecule has 1 N–H and O–H groups in total. The van der Waals surface area contributed by atoms with Crippen LogP contribution in [0.2, 0.25) is 0 Å². The second kappa shape index (κ2) is 9.66. The lowest BCUT2D eigenvalue weighted by atomic mass is 9.77. The number of aliphatic hydroxyl groups is 1. The van der Waals surface area contributed by atoms with Crippen molar-refractivity contribution in [2.24, 2.45) is 11.8 Å². The van der Waals surface area contributed by atoms with Crippen molar-refractivity contribution in [2.45, 2.75) is 30.7 Å². The first kappa shape index (κ1) is 25.3. The van der Waals surface area contributed by atoms with Gasteiger partial charge >= 0.3 is 0 Å². The van der Waals surface area contributed by atoms with Gasteiger partial charge in [-0.05, 0) is 43.3 Å². The average molecular weight is 530 g/mol. The van der Waals surface area contributed by atoms with Gasteiger partial charge in [0, 0.05) is 24.5 Å². The van der Waals surface area contributed by atoms with Gasteiger partial charge < -0.3 is 29.3 Å². The van der Waals surface area contributed by atoms with Crippen LogP contribution in [0.15, 0.2) is 78.9 Å². The van der Waals surface area contributed by atoms with Gasteiger partial charge in [0.05, 0.1) is 37.7 Å². The number of carbonyl (C=O) groups excluding carboxylic acids is 3. The molecule has 0 aromatic heterocycles. The summed E-state index contributed by atoms with van der Waals surface area (Å²) in [5.41, 5.74) is 0.0244. The Bertz CT molecular complexity index is 1340. The first-order chi connectivity index (χ1) is 18.9. The second-order valence-corrected chi connectivity index (χ2v) is 10.4. The first-order valence-corrected chi connectivity index (χ1v) is 13.2. The molecule has 3 amide bonds. The van der Waals surface area contributed by atoms with Crippen LogP contribution < -0.4 is 14.5 Å². The maximum absolute atomic E-state index is 14.3. The number of benzene rings is 2. The third-order valence-electron chi connectivity index (χ3n) is 8.29. The Hall–Kier alpha value is -3.95. The predicted octanol–water partition coefficient (Wildman–Crippen LogP) is 2.16. The van der Waals surface area contributed by atoms with Crippen LogP contribution in [0.25, 0.3) is 0 Å². The normalized spacial score (nSPS) is 30.5. The van der Waals surface area contributed by atoms with Gasteiger partial charge in [-0.25, -0.2) is 0 Å². The molecule has 9 heteroatoms. The van der Waals surface area contributed by atoms with Crippen LogP contribution in [-0.2, 0) is 19.1 Å². The molecule has 4 aliphatic heterocycles. The van der Waals surface area contributed by atoms with Crippen LogP contribution in [0, 0.1) is 11.8 Å². The monoisotopic (exact) mass is 529 g/mol. The summed E-state index contributed by atoms with van der Waals surface area (Å²) in [6.07, 6.45) is 6.69. The fraction of sp³-hybridized carbons (Fsp3) is 0.367. The number of para-hydroxylation sites is 1.